The van der Waals surface area contributed by atoms with Crippen molar-refractivity contribution in [1.82, 2.24) is 4.98 Å². The van der Waals surface area contributed by atoms with Gasteiger partial charge in [0.2, 0.25) is 0 Å². The van der Waals surface area contributed by atoms with Crippen molar-refractivity contribution in [2.24, 2.45) is 11.7 Å². The van der Waals surface area contributed by atoms with E-state index in [1.807, 2.05) is 0 Å². The Kier molecular flexibility index (Phi) is 8.79. The number of ether oxygens (including phenoxy) is 2. The molecule has 2 unspecified atom stereocenters. The van der Waals surface area contributed by atoms with Crippen LogP contribution in [0.1, 0.15) is 31.2 Å². The van der Waals surface area contributed by atoms with Gasteiger partial charge in [0, 0.05) is 35.8 Å². The Morgan fingerprint density at radius 1 is 1.24 bits per heavy atom. The lowest BCUT2D eigenvalue weighted by Crippen LogP contribution is -2.32. The average molecular weight is 569 g/mol. The fourth-order valence-corrected chi connectivity index (χ4v) is 7.12. The second-order valence-electron chi connectivity index (χ2n) is 8.94. The number of hydrogen-bond donors (Lipinski definition) is 2. The Labute approximate surface area is 225 Å². The molecule has 2 aromatic carbocycles. The van der Waals surface area contributed by atoms with Crippen molar-refractivity contribution < 1.29 is 22.3 Å². The van der Waals surface area contributed by atoms with Gasteiger partial charge >= 0.3 is 0 Å². The molecule has 37 heavy (non-hydrogen) atoms. The molecule has 1 heterocycles. The third-order valence-electron chi connectivity index (χ3n) is 6.44. The van der Waals surface area contributed by atoms with Crippen LogP contribution in [-0.4, -0.2) is 40.2 Å². The van der Waals surface area contributed by atoms with Crippen LogP contribution >= 0.6 is 22.9 Å². The Bertz CT molecular complexity index is 1320. The average Bonchev–Trinajstić information content (AvgIpc) is 3.41. The molecule has 1 saturated carbocycles. The molecular formula is C25H30ClFN4O4S2. The van der Waals surface area contributed by atoms with Crippen LogP contribution in [0.5, 0.6) is 11.5 Å². The molecule has 0 spiro atoms. The van der Waals surface area contributed by atoms with Crippen LogP contribution in [-0.2, 0) is 16.6 Å². The number of hydrogen-bond acceptors (Lipinski definition) is 8. The molecule has 0 bridgehead atoms. The fraction of sp³-hybridized carbons (Fsp3) is 0.400. The molecule has 3 N–H and O–H groups in total. The monoisotopic (exact) mass is 568 g/mol. The van der Waals surface area contributed by atoms with Crippen LogP contribution in [0.15, 0.2) is 46.8 Å². The summed E-state index contributed by atoms with van der Waals surface area (Å²) in [6.07, 6.45) is 5.47. The van der Waals surface area contributed by atoms with Crippen molar-refractivity contribution in [3.8, 4) is 11.5 Å². The first-order chi connectivity index (χ1) is 17.7. The maximum Gasteiger partial charge on any atom is 0.269 e. The van der Waals surface area contributed by atoms with E-state index in [2.05, 4.69) is 10.3 Å². The number of sulfonamides is 1. The topological polar surface area (TPSA) is 107 Å². The van der Waals surface area contributed by atoms with Gasteiger partial charge in [-0.2, -0.15) is 0 Å². The summed E-state index contributed by atoms with van der Waals surface area (Å²) in [6, 6.07) is 7.49. The summed E-state index contributed by atoms with van der Waals surface area (Å²) >= 11 is 7.56. The number of halogens is 2. The van der Waals surface area contributed by atoms with E-state index in [-0.39, 0.29) is 22.7 Å². The molecule has 2 atom stereocenters. The standard InChI is InChI=1S/C25H30ClFN4O4S2/c1-34-19-7-6-17(23(11-19)35-2)15-31(25-29-8-9-36-25)37(32,33)24-12-20(26)22(13-21(24)27)30-14-16-4-3-5-18(28)10-16/h6-9,11-13,16,18,30H,3-5,10,14-15,28H2,1-2H3. The molecule has 0 radical (unpaired) electrons. The molecule has 0 saturated heterocycles. The minimum Gasteiger partial charge on any atom is -0.497 e. The van der Waals surface area contributed by atoms with E-state index < -0.39 is 20.7 Å². The Morgan fingerprint density at radius 2 is 2.05 bits per heavy atom. The zero-order valence-electron chi connectivity index (χ0n) is 20.6. The summed E-state index contributed by atoms with van der Waals surface area (Å²) < 4.78 is 54.6. The number of nitrogens with zero attached hydrogens (tertiary/aromatic N) is 2. The van der Waals surface area contributed by atoms with Gasteiger partial charge in [0.25, 0.3) is 10.0 Å². The van der Waals surface area contributed by atoms with Crippen molar-refractivity contribution in [3.05, 3.63) is 58.3 Å². The number of thiazole rings is 1. The minimum absolute atomic E-state index is 0.112. The summed E-state index contributed by atoms with van der Waals surface area (Å²) in [5.74, 6) is 0.429. The molecule has 4 rings (SSSR count). The summed E-state index contributed by atoms with van der Waals surface area (Å²) in [5.41, 5.74) is 6.96. The quantitative estimate of drug-likeness (QED) is 0.343. The predicted octanol–water partition coefficient (Wildman–Crippen LogP) is 5.28. The zero-order chi connectivity index (χ0) is 26.6. The molecular weight excluding hydrogens is 539 g/mol. The van der Waals surface area contributed by atoms with E-state index in [4.69, 9.17) is 26.8 Å². The molecule has 0 aliphatic heterocycles. The van der Waals surface area contributed by atoms with Crippen molar-refractivity contribution in [1.29, 1.82) is 0 Å². The lowest BCUT2D eigenvalue weighted by Gasteiger charge is -2.27. The van der Waals surface area contributed by atoms with Gasteiger partial charge in [-0.05, 0) is 49.4 Å². The number of benzene rings is 2. The van der Waals surface area contributed by atoms with E-state index in [1.165, 1.54) is 20.4 Å². The molecule has 1 aliphatic rings. The van der Waals surface area contributed by atoms with Crippen LogP contribution in [0.25, 0.3) is 0 Å². The van der Waals surface area contributed by atoms with Crippen LogP contribution < -0.4 is 24.8 Å². The molecule has 1 aliphatic carbocycles. The summed E-state index contributed by atoms with van der Waals surface area (Å²) in [4.78, 5) is 3.64. The molecule has 3 aromatic rings. The maximum absolute atomic E-state index is 15.4. The molecule has 1 aromatic heterocycles. The second kappa shape index (κ2) is 11.8. The highest BCUT2D eigenvalue weighted by Gasteiger charge is 2.32. The summed E-state index contributed by atoms with van der Waals surface area (Å²) in [5, 5.41) is 5.12. The van der Waals surface area contributed by atoms with Gasteiger partial charge in [-0.25, -0.2) is 22.1 Å². The number of methoxy groups -OCH3 is 2. The van der Waals surface area contributed by atoms with Crippen LogP contribution in [0, 0.1) is 11.7 Å². The lowest BCUT2D eigenvalue weighted by molar-refractivity contribution is 0.335. The van der Waals surface area contributed by atoms with Gasteiger partial charge in [-0.1, -0.05) is 18.0 Å². The molecule has 12 heteroatoms. The molecule has 1 fully saturated rings. The first-order valence-electron chi connectivity index (χ1n) is 11.8. The normalized spacial score (nSPS) is 17.9. The third-order valence-corrected chi connectivity index (χ3v) is 9.41. The highest BCUT2D eigenvalue weighted by atomic mass is 35.5. The van der Waals surface area contributed by atoms with Crippen molar-refractivity contribution in [2.45, 2.75) is 43.2 Å². The summed E-state index contributed by atoms with van der Waals surface area (Å²) in [7, 11) is -1.38. The highest BCUT2D eigenvalue weighted by molar-refractivity contribution is 7.93. The van der Waals surface area contributed by atoms with Crippen LogP contribution in [0.3, 0.4) is 0 Å². The van der Waals surface area contributed by atoms with Gasteiger partial charge in [0.05, 0.1) is 31.5 Å². The van der Waals surface area contributed by atoms with Gasteiger partial charge in [-0.15, -0.1) is 11.3 Å². The van der Waals surface area contributed by atoms with Crippen molar-refractivity contribution in [3.63, 3.8) is 0 Å². The van der Waals surface area contributed by atoms with E-state index in [0.717, 1.165) is 53.5 Å². The minimum atomic E-state index is -4.38. The number of aromatic nitrogens is 1. The number of nitrogens with one attached hydrogen (secondary N) is 1. The van der Waals surface area contributed by atoms with Gasteiger partial charge < -0.3 is 20.5 Å². The van der Waals surface area contributed by atoms with Crippen LogP contribution in [0.4, 0.5) is 15.2 Å². The molecule has 8 nitrogen and oxygen atoms in total. The Hall–Kier alpha value is -2.60. The smallest absolute Gasteiger partial charge is 0.269 e. The number of rotatable bonds is 10. The SMILES string of the molecule is COc1ccc(CN(c2nccs2)S(=O)(=O)c2cc(Cl)c(NCC3CCCC(N)C3)cc2F)c(OC)c1. The Morgan fingerprint density at radius 3 is 2.73 bits per heavy atom. The van der Waals surface area contributed by atoms with Gasteiger partial charge in [0.15, 0.2) is 5.13 Å². The zero-order valence-corrected chi connectivity index (χ0v) is 23.0. The third kappa shape index (κ3) is 6.28. The maximum atomic E-state index is 15.4. The Balaban J connectivity index is 1.63. The van der Waals surface area contributed by atoms with Crippen molar-refractivity contribution >= 4 is 43.8 Å². The largest absolute Gasteiger partial charge is 0.497 e. The first-order valence-corrected chi connectivity index (χ1v) is 14.5. The number of nitrogens with two attached hydrogens (primary N) is 1. The molecule has 200 valence electrons. The van der Waals surface area contributed by atoms with E-state index in [1.54, 1.807) is 23.6 Å². The molecule has 0 amide bonds. The van der Waals surface area contributed by atoms with Crippen LogP contribution in [0.2, 0.25) is 5.02 Å². The number of anilines is 2. The van der Waals surface area contributed by atoms with Gasteiger partial charge in [-0.3, -0.25) is 0 Å². The summed E-state index contributed by atoms with van der Waals surface area (Å²) in [6.45, 7) is 0.448. The predicted molar refractivity (Wildman–Crippen MR) is 145 cm³/mol. The second-order valence-corrected chi connectivity index (χ2v) is 12.1. The van der Waals surface area contributed by atoms with E-state index in [0.29, 0.717) is 35.2 Å². The highest BCUT2D eigenvalue weighted by Crippen LogP contribution is 2.35. The van der Waals surface area contributed by atoms with E-state index in [9.17, 15) is 8.42 Å². The first kappa shape index (κ1) is 27.4. The lowest BCUT2D eigenvalue weighted by atomic mass is 9.86. The van der Waals surface area contributed by atoms with Crippen molar-refractivity contribution in [2.75, 3.05) is 30.4 Å². The fourth-order valence-electron chi connectivity index (χ4n) is 4.48. The van der Waals surface area contributed by atoms with E-state index >= 15 is 4.39 Å². The van der Waals surface area contributed by atoms with Gasteiger partial charge in [0.1, 0.15) is 22.2 Å².